The average molecular weight is 446 g/mol. The number of ether oxygens (including phenoxy) is 3. The summed E-state index contributed by atoms with van der Waals surface area (Å²) < 4.78 is 17.0. The zero-order valence-electron chi connectivity index (χ0n) is 18.1. The minimum Gasteiger partial charge on any atom is -0.487 e. The van der Waals surface area contributed by atoms with Gasteiger partial charge in [0.25, 0.3) is 0 Å². The molecular weight excluding hydrogens is 414 g/mol. The second kappa shape index (κ2) is 13.2. The summed E-state index contributed by atoms with van der Waals surface area (Å²) in [6.45, 7) is 5.14. The molecule has 6 nitrogen and oxygen atoms in total. The van der Waals surface area contributed by atoms with Gasteiger partial charge in [-0.05, 0) is 36.1 Å². The van der Waals surface area contributed by atoms with Crippen molar-refractivity contribution in [3.05, 3.63) is 64.7 Å². The smallest absolute Gasteiger partial charge is 0.191 e. The molecule has 1 unspecified atom stereocenters. The number of halogens is 1. The van der Waals surface area contributed by atoms with Crippen molar-refractivity contribution in [2.24, 2.45) is 10.9 Å². The fraction of sp³-hybridized carbons (Fsp3) is 0.458. The van der Waals surface area contributed by atoms with E-state index >= 15 is 0 Å². The van der Waals surface area contributed by atoms with Crippen molar-refractivity contribution in [3.8, 4) is 5.75 Å². The molecule has 1 aliphatic heterocycles. The Morgan fingerprint density at radius 2 is 1.94 bits per heavy atom. The van der Waals surface area contributed by atoms with Gasteiger partial charge in [0.15, 0.2) is 5.96 Å². The molecule has 0 aromatic heterocycles. The van der Waals surface area contributed by atoms with E-state index in [1.807, 2.05) is 36.4 Å². The topological polar surface area (TPSA) is 64.1 Å². The van der Waals surface area contributed by atoms with Crippen LogP contribution in [-0.2, 0) is 22.6 Å². The Labute approximate surface area is 190 Å². The number of hydrogen-bond donors (Lipinski definition) is 2. The Hall–Kier alpha value is -2.28. The third kappa shape index (κ3) is 8.05. The standard InChI is InChI=1S/C24H32ClN3O3/c1-26-24(27-12-6-13-29-16-19-11-14-30-17-19)28-15-20-7-2-3-8-21(20)18-31-23-10-5-4-9-22(23)25/h2-5,7-10,19H,6,11-18H2,1H3,(H2,26,27,28). The van der Waals surface area contributed by atoms with Crippen LogP contribution in [0.4, 0.5) is 0 Å². The second-order valence-corrected chi connectivity index (χ2v) is 7.91. The summed E-state index contributed by atoms with van der Waals surface area (Å²) in [6.07, 6.45) is 2.04. The van der Waals surface area contributed by atoms with Crippen molar-refractivity contribution < 1.29 is 14.2 Å². The molecule has 0 saturated carbocycles. The van der Waals surface area contributed by atoms with Crippen LogP contribution in [0.15, 0.2) is 53.5 Å². The van der Waals surface area contributed by atoms with Gasteiger partial charge in [0.1, 0.15) is 12.4 Å². The van der Waals surface area contributed by atoms with E-state index in [1.165, 1.54) is 0 Å². The Morgan fingerprint density at radius 1 is 1.13 bits per heavy atom. The first-order valence-electron chi connectivity index (χ1n) is 10.8. The molecule has 1 saturated heterocycles. The molecule has 0 radical (unpaired) electrons. The minimum absolute atomic E-state index is 0.455. The normalized spacial score (nSPS) is 16.3. The minimum atomic E-state index is 0.455. The highest BCUT2D eigenvalue weighted by atomic mass is 35.5. The van der Waals surface area contributed by atoms with Gasteiger partial charge >= 0.3 is 0 Å². The predicted molar refractivity (Wildman–Crippen MR) is 125 cm³/mol. The van der Waals surface area contributed by atoms with Gasteiger partial charge < -0.3 is 24.8 Å². The molecule has 0 spiro atoms. The Kier molecular flexibility index (Phi) is 9.96. The zero-order chi connectivity index (χ0) is 21.7. The van der Waals surface area contributed by atoms with Gasteiger partial charge in [-0.1, -0.05) is 48.0 Å². The molecule has 1 aliphatic rings. The summed E-state index contributed by atoms with van der Waals surface area (Å²) in [4.78, 5) is 4.31. The summed E-state index contributed by atoms with van der Waals surface area (Å²) in [7, 11) is 1.78. The molecular formula is C24H32ClN3O3. The molecule has 168 valence electrons. The van der Waals surface area contributed by atoms with Crippen LogP contribution in [0, 0.1) is 5.92 Å². The van der Waals surface area contributed by atoms with Gasteiger partial charge in [-0.15, -0.1) is 0 Å². The molecule has 0 aliphatic carbocycles. The second-order valence-electron chi connectivity index (χ2n) is 7.50. The van der Waals surface area contributed by atoms with Crippen LogP contribution in [0.2, 0.25) is 5.02 Å². The maximum Gasteiger partial charge on any atom is 0.191 e. The number of guanidine groups is 1. The maximum absolute atomic E-state index is 6.19. The molecule has 1 atom stereocenters. The molecule has 1 fully saturated rings. The van der Waals surface area contributed by atoms with E-state index in [-0.39, 0.29) is 0 Å². The Bertz CT molecular complexity index is 825. The molecule has 31 heavy (non-hydrogen) atoms. The Balaban J connectivity index is 1.38. The van der Waals surface area contributed by atoms with Crippen molar-refractivity contribution in [2.75, 3.05) is 40.0 Å². The van der Waals surface area contributed by atoms with E-state index in [0.29, 0.717) is 29.8 Å². The Morgan fingerprint density at radius 3 is 2.71 bits per heavy atom. The quantitative estimate of drug-likeness (QED) is 0.310. The lowest BCUT2D eigenvalue weighted by Crippen LogP contribution is -2.37. The summed E-state index contributed by atoms with van der Waals surface area (Å²) in [5.41, 5.74) is 2.26. The fourth-order valence-electron chi connectivity index (χ4n) is 3.33. The van der Waals surface area contributed by atoms with E-state index in [4.69, 9.17) is 25.8 Å². The van der Waals surface area contributed by atoms with Gasteiger partial charge in [0.2, 0.25) is 0 Å². The predicted octanol–water partition coefficient (Wildman–Crippen LogP) is 4.03. The molecule has 3 rings (SSSR count). The van der Waals surface area contributed by atoms with Gasteiger partial charge in [0, 0.05) is 39.3 Å². The third-order valence-corrected chi connectivity index (χ3v) is 5.46. The third-order valence-electron chi connectivity index (χ3n) is 5.14. The maximum atomic E-state index is 6.19. The number of rotatable bonds is 11. The highest BCUT2D eigenvalue weighted by molar-refractivity contribution is 6.32. The largest absolute Gasteiger partial charge is 0.487 e. The van der Waals surface area contributed by atoms with E-state index in [9.17, 15) is 0 Å². The first kappa shape index (κ1) is 23.4. The molecule has 0 bridgehead atoms. The summed E-state index contributed by atoms with van der Waals surface area (Å²) in [5, 5.41) is 7.32. The highest BCUT2D eigenvalue weighted by Crippen LogP contribution is 2.24. The number of nitrogens with one attached hydrogen (secondary N) is 2. The fourth-order valence-corrected chi connectivity index (χ4v) is 3.52. The van der Waals surface area contributed by atoms with Gasteiger partial charge in [-0.3, -0.25) is 4.99 Å². The molecule has 2 aromatic carbocycles. The molecule has 0 amide bonds. The molecule has 2 aromatic rings. The number of para-hydroxylation sites is 1. The summed E-state index contributed by atoms with van der Waals surface area (Å²) in [6, 6.07) is 15.7. The number of nitrogens with zero attached hydrogens (tertiary/aromatic N) is 1. The van der Waals surface area contributed by atoms with Crippen LogP contribution in [0.25, 0.3) is 0 Å². The van der Waals surface area contributed by atoms with Gasteiger partial charge in [0.05, 0.1) is 18.2 Å². The van der Waals surface area contributed by atoms with Crippen LogP contribution in [-0.4, -0.2) is 46.0 Å². The first-order chi connectivity index (χ1) is 15.3. The lowest BCUT2D eigenvalue weighted by Gasteiger charge is -2.15. The van der Waals surface area contributed by atoms with Crippen LogP contribution in [0.5, 0.6) is 5.75 Å². The zero-order valence-corrected chi connectivity index (χ0v) is 18.9. The first-order valence-corrected chi connectivity index (χ1v) is 11.2. The lowest BCUT2D eigenvalue weighted by molar-refractivity contribution is 0.0888. The summed E-state index contributed by atoms with van der Waals surface area (Å²) >= 11 is 6.19. The highest BCUT2D eigenvalue weighted by Gasteiger charge is 2.15. The van der Waals surface area contributed by atoms with Crippen LogP contribution in [0.3, 0.4) is 0 Å². The van der Waals surface area contributed by atoms with Gasteiger partial charge in [-0.2, -0.15) is 0 Å². The number of aliphatic imine (C=N–C) groups is 1. The van der Waals surface area contributed by atoms with E-state index in [2.05, 4.69) is 27.8 Å². The van der Waals surface area contributed by atoms with Crippen molar-refractivity contribution in [1.29, 1.82) is 0 Å². The van der Waals surface area contributed by atoms with Crippen molar-refractivity contribution >= 4 is 17.6 Å². The van der Waals surface area contributed by atoms with Gasteiger partial charge in [-0.25, -0.2) is 0 Å². The van der Waals surface area contributed by atoms with E-state index in [1.54, 1.807) is 7.05 Å². The lowest BCUT2D eigenvalue weighted by atomic mass is 10.1. The average Bonchev–Trinajstić information content (AvgIpc) is 3.32. The monoisotopic (exact) mass is 445 g/mol. The molecule has 1 heterocycles. The van der Waals surface area contributed by atoms with Crippen LogP contribution >= 0.6 is 11.6 Å². The van der Waals surface area contributed by atoms with Crippen LogP contribution < -0.4 is 15.4 Å². The van der Waals surface area contributed by atoms with E-state index < -0.39 is 0 Å². The summed E-state index contributed by atoms with van der Waals surface area (Å²) in [5.74, 6) is 2.02. The van der Waals surface area contributed by atoms with E-state index in [0.717, 1.165) is 62.9 Å². The SMILES string of the molecule is CN=C(NCCCOCC1CCOC1)NCc1ccccc1COc1ccccc1Cl. The number of benzene rings is 2. The van der Waals surface area contributed by atoms with Crippen LogP contribution in [0.1, 0.15) is 24.0 Å². The van der Waals surface area contributed by atoms with Crippen molar-refractivity contribution in [2.45, 2.75) is 26.0 Å². The molecule has 2 N–H and O–H groups in total. The van der Waals surface area contributed by atoms with Crippen molar-refractivity contribution in [1.82, 2.24) is 10.6 Å². The van der Waals surface area contributed by atoms with Crippen molar-refractivity contribution in [3.63, 3.8) is 0 Å². The molecule has 7 heteroatoms. The number of hydrogen-bond acceptors (Lipinski definition) is 4.